The van der Waals surface area contributed by atoms with Crippen LogP contribution in [0.5, 0.6) is 0 Å². The van der Waals surface area contributed by atoms with Gasteiger partial charge in [-0.3, -0.25) is 0 Å². The quantitative estimate of drug-likeness (QED) is 0.343. The van der Waals surface area contributed by atoms with E-state index in [2.05, 4.69) is 39.9 Å². The Labute approximate surface area is 143 Å². The van der Waals surface area contributed by atoms with Gasteiger partial charge in [0.15, 0.2) is 0 Å². The molecule has 2 nitrogen and oxygen atoms in total. The van der Waals surface area contributed by atoms with Gasteiger partial charge >= 0.3 is 0 Å². The van der Waals surface area contributed by atoms with Crippen LogP contribution in [0.4, 0.5) is 0 Å². The summed E-state index contributed by atoms with van der Waals surface area (Å²) in [5, 5.41) is 0. The Morgan fingerprint density at radius 3 is 1.39 bits per heavy atom. The van der Waals surface area contributed by atoms with Crippen molar-refractivity contribution in [1.82, 2.24) is 0 Å². The zero-order valence-electron chi connectivity index (χ0n) is 12.5. The average Bonchev–Trinajstić information content (AvgIpc) is 1.95. The number of rotatable bonds is 8. The van der Waals surface area contributed by atoms with Crippen LogP contribution >= 0.6 is 17.9 Å². The molecule has 0 spiro atoms. The zero-order chi connectivity index (χ0) is 13.6. The van der Waals surface area contributed by atoms with Crippen LogP contribution in [-0.2, 0) is 48.2 Å². The smallest absolute Gasteiger partial charge is 0.244 e. The van der Waals surface area contributed by atoms with E-state index in [-0.39, 0.29) is 39.5 Å². The molecule has 0 heterocycles. The predicted octanol–water partition coefficient (Wildman–Crippen LogP) is 5.04. The number of hydrogen-bond acceptors (Lipinski definition) is 3. The molecule has 0 radical (unpaired) electrons. The van der Waals surface area contributed by atoms with Crippen LogP contribution in [0, 0.1) is 11.8 Å². The molecule has 6 heteroatoms. The number of thiol groups is 1. The van der Waals surface area contributed by atoms with Gasteiger partial charge in [0.1, 0.15) is 0 Å². The van der Waals surface area contributed by atoms with E-state index < -0.39 is 5.69 Å². The molecule has 0 saturated carbocycles. The van der Waals surface area contributed by atoms with Gasteiger partial charge in [0, 0.05) is 27.3 Å². The van der Waals surface area contributed by atoms with Crippen molar-refractivity contribution in [2.45, 2.75) is 66.6 Å². The summed E-state index contributed by atoms with van der Waals surface area (Å²) in [7, 11) is 0. The summed E-state index contributed by atoms with van der Waals surface area (Å²) < 4.78 is 11.5. The summed E-state index contributed by atoms with van der Waals surface area (Å²) in [4.78, 5) is 0. The first kappa shape index (κ1) is 22.1. The van der Waals surface area contributed by atoms with Crippen molar-refractivity contribution >= 4 is 29.7 Å². The van der Waals surface area contributed by atoms with Crippen LogP contribution in [0.25, 0.3) is 0 Å². The van der Waals surface area contributed by atoms with Crippen molar-refractivity contribution in [2.24, 2.45) is 11.8 Å². The minimum atomic E-state index is -2.39. The molecule has 0 saturated heterocycles. The van der Waals surface area contributed by atoms with Crippen LogP contribution in [-0.4, -0.2) is 12.2 Å². The zero-order valence-corrected chi connectivity index (χ0v) is 19.2. The fourth-order valence-electron chi connectivity index (χ4n) is 1.89. The van der Waals surface area contributed by atoms with Gasteiger partial charge in [-0.2, -0.15) is 0 Å². The fourth-order valence-corrected chi connectivity index (χ4v) is 4.87. The van der Waals surface area contributed by atoms with Crippen molar-refractivity contribution in [1.29, 1.82) is 0 Å². The van der Waals surface area contributed by atoms with E-state index in [0.29, 0.717) is 11.8 Å². The van der Waals surface area contributed by atoms with Gasteiger partial charge in [0.05, 0.1) is 12.2 Å². The normalized spacial score (nSPS) is 18.3. The molecule has 106 valence electrons. The molecule has 0 aliphatic rings. The molecule has 0 bridgehead atoms. The second-order valence-electron chi connectivity index (χ2n) is 5.56. The fraction of sp³-hybridized carbons (Fsp3) is 1.00. The van der Waals surface area contributed by atoms with Crippen molar-refractivity contribution in [3.63, 3.8) is 0 Å². The largest absolute Gasteiger partial charge is 0.319 e. The Morgan fingerprint density at radius 1 is 0.889 bits per heavy atom. The van der Waals surface area contributed by atoms with Crippen LogP contribution in [0.3, 0.4) is 0 Å². The van der Waals surface area contributed by atoms with Crippen LogP contribution in [0.15, 0.2) is 0 Å². The van der Waals surface area contributed by atoms with E-state index in [4.69, 9.17) is 20.9 Å². The summed E-state index contributed by atoms with van der Waals surface area (Å²) in [6.45, 7) is 12.8. The minimum absolute atomic E-state index is 0. The van der Waals surface area contributed by atoms with Gasteiger partial charge in [-0.15, -0.1) is 0 Å². The molecular formula is C12H27CdO2PS2. The maximum Gasteiger partial charge on any atom is 0.244 e. The molecular weight excluding hydrogens is 384 g/mol. The number of hydrogen-bond donors (Lipinski definition) is 1. The average molecular weight is 411 g/mol. The first-order valence-electron chi connectivity index (χ1n) is 6.32. The third-order valence-electron chi connectivity index (χ3n) is 2.23. The molecule has 2 atom stereocenters. The standard InChI is InChI=1S/C12H27O2PS2.Cd/c1-9(2)7-11(5)13-15(16,17)14-12(6)8-10(3)4;/h9-12H,7-8H2,1-6H3,(H,16,17);. The maximum atomic E-state index is 5.77. The summed E-state index contributed by atoms with van der Waals surface area (Å²) in [6.07, 6.45) is 2.20. The summed E-state index contributed by atoms with van der Waals surface area (Å²) in [5.74, 6) is 1.20. The van der Waals surface area contributed by atoms with Gasteiger partial charge in [0.25, 0.3) is 0 Å². The Morgan fingerprint density at radius 2 is 1.17 bits per heavy atom. The Balaban J connectivity index is 0. The topological polar surface area (TPSA) is 18.5 Å². The Hall–Kier alpha value is 1.84. The minimum Gasteiger partial charge on any atom is -0.319 e. The second kappa shape index (κ2) is 10.6. The van der Waals surface area contributed by atoms with E-state index in [1.165, 1.54) is 0 Å². The van der Waals surface area contributed by atoms with E-state index in [0.717, 1.165) is 12.8 Å². The molecule has 18 heavy (non-hydrogen) atoms. The molecule has 0 aliphatic carbocycles. The predicted molar refractivity (Wildman–Crippen MR) is 83.3 cm³/mol. The molecule has 0 fully saturated rings. The van der Waals surface area contributed by atoms with Crippen LogP contribution in [0.1, 0.15) is 54.4 Å². The van der Waals surface area contributed by atoms with Crippen molar-refractivity contribution in [3.8, 4) is 0 Å². The van der Waals surface area contributed by atoms with Gasteiger partial charge in [-0.1, -0.05) is 39.9 Å². The SMILES string of the molecule is CC(C)CC(C)OP(=S)(S)OC(C)CC(C)C.[Cd]. The molecule has 0 N–H and O–H groups in total. The van der Waals surface area contributed by atoms with Crippen LogP contribution < -0.4 is 0 Å². The van der Waals surface area contributed by atoms with E-state index in [1.54, 1.807) is 0 Å². The van der Waals surface area contributed by atoms with Gasteiger partial charge in [-0.05, 0) is 50.3 Å². The molecule has 0 aromatic heterocycles. The maximum absolute atomic E-state index is 5.77. The summed E-state index contributed by atoms with van der Waals surface area (Å²) in [6, 6.07) is 0. The van der Waals surface area contributed by atoms with Crippen molar-refractivity contribution in [2.75, 3.05) is 0 Å². The third-order valence-corrected chi connectivity index (χ3v) is 4.57. The molecule has 0 aliphatic heterocycles. The van der Waals surface area contributed by atoms with Crippen molar-refractivity contribution < 1.29 is 36.3 Å². The van der Waals surface area contributed by atoms with Crippen molar-refractivity contribution in [3.05, 3.63) is 0 Å². The van der Waals surface area contributed by atoms with E-state index >= 15 is 0 Å². The Kier molecular flexibility index (Phi) is 13.0. The van der Waals surface area contributed by atoms with E-state index in [1.807, 2.05) is 13.8 Å². The summed E-state index contributed by atoms with van der Waals surface area (Å²) in [5.41, 5.74) is -2.39. The summed E-state index contributed by atoms with van der Waals surface area (Å²) >= 11 is 9.72. The molecule has 2 unspecified atom stereocenters. The molecule has 0 aromatic carbocycles. The molecule has 0 aromatic rings. The van der Waals surface area contributed by atoms with Gasteiger partial charge in [-0.25, -0.2) is 0 Å². The van der Waals surface area contributed by atoms with Crippen LogP contribution in [0.2, 0.25) is 0 Å². The first-order chi connectivity index (χ1) is 7.62. The third kappa shape index (κ3) is 12.9. The van der Waals surface area contributed by atoms with Gasteiger partial charge in [0.2, 0.25) is 5.69 Å². The first-order valence-corrected chi connectivity index (χ1v) is 10.1. The molecule has 0 amide bonds. The monoisotopic (exact) mass is 412 g/mol. The molecule has 0 rings (SSSR count). The second-order valence-corrected chi connectivity index (χ2v) is 10.8. The Bertz CT molecular complexity index is 240. The van der Waals surface area contributed by atoms with Gasteiger partial charge < -0.3 is 9.05 Å². The van der Waals surface area contributed by atoms with E-state index in [9.17, 15) is 0 Å².